The Balaban J connectivity index is 2.83. The van der Waals surface area contributed by atoms with Gasteiger partial charge in [-0.15, -0.1) is 0 Å². The Bertz CT molecular complexity index is 729. The van der Waals surface area contributed by atoms with Gasteiger partial charge in [0, 0.05) is 25.7 Å². The average molecular weight is 265 g/mol. The number of rotatable bonds is 3. The number of nitrogens with two attached hydrogens (primary N) is 1. The second kappa shape index (κ2) is 4.34. The van der Waals surface area contributed by atoms with E-state index < -0.39 is 5.54 Å². The summed E-state index contributed by atoms with van der Waals surface area (Å²) in [6.45, 7) is 6.52. The molecular weight excluding hydrogens is 246 g/mol. The zero-order valence-electron chi connectivity index (χ0n) is 11.7. The number of fused-ring (bicyclic) bond motifs is 1. The van der Waals surface area contributed by atoms with Crippen LogP contribution in [0, 0.1) is 0 Å². The summed E-state index contributed by atoms with van der Waals surface area (Å²) in [5.41, 5.74) is 5.66. The molecule has 19 heavy (non-hydrogen) atoms. The Morgan fingerprint density at radius 3 is 2.53 bits per heavy atom. The molecule has 0 aliphatic rings. The summed E-state index contributed by atoms with van der Waals surface area (Å²) >= 11 is 0. The smallest absolute Gasteiger partial charge is 0.324 e. The molecule has 104 valence electrons. The van der Waals surface area contributed by atoms with Crippen molar-refractivity contribution in [1.29, 1.82) is 0 Å². The highest BCUT2D eigenvalue weighted by molar-refractivity contribution is 5.70. The van der Waals surface area contributed by atoms with Crippen LogP contribution in [-0.4, -0.2) is 24.2 Å². The molecule has 0 aliphatic carbocycles. The van der Waals surface area contributed by atoms with Gasteiger partial charge in [-0.3, -0.25) is 13.9 Å². The fourth-order valence-corrected chi connectivity index (χ4v) is 2.15. The lowest BCUT2D eigenvalue weighted by atomic mass is 10.1. The van der Waals surface area contributed by atoms with Gasteiger partial charge in [-0.25, -0.2) is 9.78 Å². The summed E-state index contributed by atoms with van der Waals surface area (Å²) < 4.78 is 4.30. The Morgan fingerprint density at radius 1 is 1.37 bits per heavy atom. The average Bonchev–Trinajstić information content (AvgIpc) is 2.68. The number of aromatic nitrogens is 4. The fourth-order valence-electron chi connectivity index (χ4n) is 2.15. The summed E-state index contributed by atoms with van der Waals surface area (Å²) in [7, 11) is 1.47. The van der Waals surface area contributed by atoms with E-state index in [-0.39, 0.29) is 11.2 Å². The van der Waals surface area contributed by atoms with Crippen LogP contribution in [0.1, 0.15) is 20.8 Å². The van der Waals surface area contributed by atoms with Crippen LogP contribution in [0.2, 0.25) is 0 Å². The van der Waals surface area contributed by atoms with E-state index in [9.17, 15) is 9.59 Å². The Labute approximate surface area is 110 Å². The van der Waals surface area contributed by atoms with E-state index in [1.807, 2.05) is 20.8 Å². The predicted molar refractivity (Wildman–Crippen MR) is 73.2 cm³/mol. The first-order valence-electron chi connectivity index (χ1n) is 6.20. The Kier molecular flexibility index (Phi) is 3.09. The number of aryl methyl sites for hydroxylation is 1. The van der Waals surface area contributed by atoms with Crippen molar-refractivity contribution < 1.29 is 0 Å². The van der Waals surface area contributed by atoms with E-state index in [0.717, 1.165) is 4.57 Å². The molecule has 0 amide bonds. The number of hydrogen-bond acceptors (Lipinski definition) is 4. The Hall–Kier alpha value is -1.89. The molecule has 0 unspecified atom stereocenters. The first-order chi connectivity index (χ1) is 8.76. The highest BCUT2D eigenvalue weighted by Gasteiger charge is 2.19. The molecule has 0 saturated carbocycles. The van der Waals surface area contributed by atoms with E-state index in [1.54, 1.807) is 10.9 Å². The first kappa shape index (κ1) is 13.5. The fraction of sp³-hybridized carbons (Fsp3) is 0.583. The van der Waals surface area contributed by atoms with Crippen molar-refractivity contribution >= 4 is 11.2 Å². The van der Waals surface area contributed by atoms with Crippen molar-refractivity contribution in [3.8, 4) is 0 Å². The van der Waals surface area contributed by atoms with Crippen molar-refractivity contribution in [1.82, 2.24) is 18.7 Å². The minimum atomic E-state index is -0.466. The number of hydrogen-bond donors (Lipinski definition) is 1. The molecule has 0 aromatic carbocycles. The van der Waals surface area contributed by atoms with Crippen molar-refractivity contribution in [3.63, 3.8) is 0 Å². The molecular formula is C12H19N5O2. The van der Waals surface area contributed by atoms with Crippen LogP contribution in [0.15, 0.2) is 15.9 Å². The van der Waals surface area contributed by atoms with Gasteiger partial charge in [-0.2, -0.15) is 0 Å². The Morgan fingerprint density at radius 2 is 2.00 bits per heavy atom. The molecule has 0 atom stereocenters. The van der Waals surface area contributed by atoms with Crippen LogP contribution < -0.4 is 17.0 Å². The largest absolute Gasteiger partial charge is 0.332 e. The van der Waals surface area contributed by atoms with Crippen LogP contribution in [0.25, 0.3) is 11.2 Å². The molecule has 2 aromatic rings. The van der Waals surface area contributed by atoms with Crippen LogP contribution in [0.4, 0.5) is 0 Å². The van der Waals surface area contributed by atoms with Gasteiger partial charge in [0.15, 0.2) is 11.2 Å². The highest BCUT2D eigenvalue weighted by atomic mass is 16.2. The first-order valence-corrected chi connectivity index (χ1v) is 6.20. The number of nitrogens with zero attached hydrogens (tertiary/aromatic N) is 4. The summed E-state index contributed by atoms with van der Waals surface area (Å²) in [5, 5.41) is 0. The molecule has 7 heteroatoms. The predicted octanol–water partition coefficient (Wildman–Crippen LogP) is -0.346. The molecule has 0 radical (unpaired) electrons. The van der Waals surface area contributed by atoms with Crippen molar-refractivity contribution in [2.24, 2.45) is 12.8 Å². The van der Waals surface area contributed by atoms with Gasteiger partial charge < -0.3 is 10.3 Å². The van der Waals surface area contributed by atoms with Gasteiger partial charge in [0.2, 0.25) is 0 Å². The summed E-state index contributed by atoms with van der Waals surface area (Å²) in [4.78, 5) is 28.4. The molecule has 2 rings (SSSR count). The van der Waals surface area contributed by atoms with E-state index >= 15 is 0 Å². The van der Waals surface area contributed by atoms with Crippen LogP contribution in [0.5, 0.6) is 0 Å². The van der Waals surface area contributed by atoms with Crippen LogP contribution in [-0.2, 0) is 20.1 Å². The summed E-state index contributed by atoms with van der Waals surface area (Å²) in [6.07, 6.45) is 1.56. The maximum atomic E-state index is 12.2. The maximum Gasteiger partial charge on any atom is 0.332 e. The second-order valence-electron chi connectivity index (χ2n) is 5.42. The van der Waals surface area contributed by atoms with Crippen LogP contribution >= 0.6 is 0 Å². The monoisotopic (exact) mass is 265 g/mol. The van der Waals surface area contributed by atoms with Gasteiger partial charge >= 0.3 is 5.69 Å². The van der Waals surface area contributed by atoms with Gasteiger partial charge in [-0.1, -0.05) is 0 Å². The summed E-state index contributed by atoms with van der Waals surface area (Å²) in [5.74, 6) is 0. The zero-order valence-corrected chi connectivity index (χ0v) is 11.7. The normalized spacial score (nSPS) is 12.3. The molecule has 0 saturated heterocycles. The molecule has 2 heterocycles. The van der Waals surface area contributed by atoms with Gasteiger partial charge in [0.1, 0.15) is 0 Å². The SMILES string of the molecule is CCn1c(=O)n(C)c(=O)c2c1ncn2CC(C)(C)N. The lowest BCUT2D eigenvalue weighted by Crippen LogP contribution is -2.40. The van der Waals surface area contributed by atoms with E-state index in [1.165, 1.54) is 11.6 Å². The standard InChI is InChI=1S/C12H19N5O2/c1-5-17-9-8(10(18)15(4)11(17)19)16(7-14-9)6-12(2,3)13/h7H,5-6,13H2,1-4H3. The molecule has 0 bridgehead atoms. The van der Waals surface area contributed by atoms with Crippen molar-refractivity contribution in [2.75, 3.05) is 0 Å². The second-order valence-corrected chi connectivity index (χ2v) is 5.42. The third-order valence-electron chi connectivity index (χ3n) is 2.99. The van der Waals surface area contributed by atoms with Gasteiger partial charge in [0.25, 0.3) is 5.56 Å². The third-order valence-corrected chi connectivity index (χ3v) is 2.99. The van der Waals surface area contributed by atoms with E-state index in [4.69, 9.17) is 5.73 Å². The minimum absolute atomic E-state index is 0.341. The van der Waals surface area contributed by atoms with Gasteiger partial charge in [0.05, 0.1) is 6.33 Å². The molecule has 0 fully saturated rings. The maximum absolute atomic E-state index is 12.2. The van der Waals surface area contributed by atoms with E-state index in [2.05, 4.69) is 4.98 Å². The lowest BCUT2D eigenvalue weighted by molar-refractivity contribution is 0.439. The van der Waals surface area contributed by atoms with Crippen molar-refractivity contribution in [2.45, 2.75) is 39.4 Å². The summed E-state index contributed by atoms with van der Waals surface area (Å²) in [6, 6.07) is 0. The van der Waals surface area contributed by atoms with E-state index in [0.29, 0.717) is 24.3 Å². The topological polar surface area (TPSA) is 87.8 Å². The molecule has 7 nitrogen and oxygen atoms in total. The number of imidazole rings is 1. The molecule has 2 N–H and O–H groups in total. The molecule has 0 spiro atoms. The quantitative estimate of drug-likeness (QED) is 0.822. The third kappa shape index (κ3) is 2.21. The van der Waals surface area contributed by atoms with Gasteiger partial charge in [-0.05, 0) is 20.8 Å². The zero-order chi connectivity index (χ0) is 14.4. The lowest BCUT2D eigenvalue weighted by Gasteiger charge is -2.19. The minimum Gasteiger partial charge on any atom is -0.324 e. The highest BCUT2D eigenvalue weighted by Crippen LogP contribution is 2.10. The van der Waals surface area contributed by atoms with Crippen LogP contribution in [0.3, 0.4) is 0 Å². The molecule has 2 aromatic heterocycles. The molecule has 0 aliphatic heterocycles. The van der Waals surface area contributed by atoms with Crippen molar-refractivity contribution in [3.05, 3.63) is 27.2 Å².